The molecule has 3 saturated heterocycles. The lowest BCUT2D eigenvalue weighted by Crippen LogP contribution is -2.67. The molecule has 200 valence electrons. The van der Waals surface area contributed by atoms with Gasteiger partial charge in [-0.3, -0.25) is 0 Å². The second-order valence-corrected chi connectivity index (χ2v) is 14.0. The van der Waals surface area contributed by atoms with Gasteiger partial charge in [-0.15, -0.1) is 0 Å². The monoisotopic (exact) mass is 534 g/mol. The lowest BCUT2D eigenvalue weighted by atomic mass is 9.63. The maximum atomic E-state index is 14.3. The van der Waals surface area contributed by atoms with Crippen LogP contribution in [0.2, 0.25) is 0 Å². The van der Waals surface area contributed by atoms with Gasteiger partial charge in [-0.1, -0.05) is 67.9 Å². The summed E-state index contributed by atoms with van der Waals surface area (Å²) in [5, 5.41) is 6.17. The number of rotatable bonds is 2. The number of hydrogen-bond donors (Lipinski definition) is 1. The molecule has 0 aliphatic carbocycles. The van der Waals surface area contributed by atoms with Crippen molar-refractivity contribution < 1.29 is 22.6 Å². The summed E-state index contributed by atoms with van der Waals surface area (Å²) in [6.45, 7) is 10.4. The van der Waals surface area contributed by atoms with Crippen molar-refractivity contribution in [2.45, 2.75) is 81.3 Å². The van der Waals surface area contributed by atoms with Gasteiger partial charge in [-0.25, -0.2) is 8.42 Å². The number of nitrogens with zero attached hydrogens (tertiary/aromatic N) is 1. The highest BCUT2D eigenvalue weighted by Gasteiger charge is 2.65. The molecule has 0 radical (unpaired) electrons. The van der Waals surface area contributed by atoms with Crippen LogP contribution < -0.4 is 5.32 Å². The third-order valence-electron chi connectivity index (χ3n) is 9.04. The van der Waals surface area contributed by atoms with Crippen molar-refractivity contribution in [3.63, 3.8) is 0 Å². The van der Waals surface area contributed by atoms with Crippen molar-refractivity contribution in [3.05, 3.63) is 71.8 Å². The second kappa shape index (κ2) is 8.02. The third-order valence-corrected chi connectivity index (χ3v) is 10.9. The first kappa shape index (κ1) is 24.5. The van der Waals surface area contributed by atoms with Gasteiger partial charge in [-0.05, 0) is 49.3 Å². The molecule has 3 fully saturated rings. The van der Waals surface area contributed by atoms with E-state index >= 15 is 0 Å². The SMILES string of the molecule is Cc1ccc(S(=O)(=O)N2C[C@@H]3[C@H](Nc4c(ccc5ccccc45)C3(C)C)[C@H]3O[C@@H]4OC(C)(C)O[C@@H]4[C@@H]32)cc1. The van der Waals surface area contributed by atoms with Crippen LogP contribution in [0.15, 0.2) is 65.6 Å². The number of benzene rings is 3. The number of anilines is 1. The van der Waals surface area contributed by atoms with Crippen LogP contribution in [0.5, 0.6) is 0 Å². The fraction of sp³-hybridized carbons (Fsp3) is 0.467. The van der Waals surface area contributed by atoms with Crippen LogP contribution in [0.1, 0.15) is 38.8 Å². The zero-order valence-electron chi connectivity index (χ0n) is 22.3. The van der Waals surface area contributed by atoms with Gasteiger partial charge in [-0.2, -0.15) is 4.31 Å². The van der Waals surface area contributed by atoms with E-state index in [9.17, 15) is 8.42 Å². The Balaban J connectivity index is 1.38. The molecule has 6 atom stereocenters. The van der Waals surface area contributed by atoms with Crippen LogP contribution in [0, 0.1) is 12.8 Å². The van der Waals surface area contributed by atoms with Gasteiger partial charge in [0.05, 0.1) is 17.0 Å². The van der Waals surface area contributed by atoms with Gasteiger partial charge in [0.2, 0.25) is 10.0 Å². The summed E-state index contributed by atoms with van der Waals surface area (Å²) >= 11 is 0. The number of piperidine rings is 1. The smallest absolute Gasteiger partial charge is 0.243 e. The van der Waals surface area contributed by atoms with E-state index in [4.69, 9.17) is 14.2 Å². The fourth-order valence-electron chi connectivity index (χ4n) is 7.09. The van der Waals surface area contributed by atoms with E-state index in [1.54, 1.807) is 16.4 Å². The van der Waals surface area contributed by atoms with Crippen LogP contribution in [0.25, 0.3) is 10.8 Å². The predicted molar refractivity (Wildman–Crippen MR) is 145 cm³/mol. The van der Waals surface area contributed by atoms with E-state index in [2.05, 4.69) is 49.5 Å². The molecule has 4 heterocycles. The van der Waals surface area contributed by atoms with Crippen LogP contribution in [0.4, 0.5) is 5.69 Å². The average Bonchev–Trinajstić information content (AvgIpc) is 3.36. The maximum Gasteiger partial charge on any atom is 0.243 e. The predicted octanol–water partition coefficient (Wildman–Crippen LogP) is 4.79. The van der Waals surface area contributed by atoms with Gasteiger partial charge >= 0.3 is 0 Å². The highest BCUT2D eigenvalue weighted by Crippen LogP contribution is 2.53. The Morgan fingerprint density at radius 2 is 1.66 bits per heavy atom. The normalized spacial score (nSPS) is 33.2. The summed E-state index contributed by atoms with van der Waals surface area (Å²) in [6.07, 6.45) is -1.59. The van der Waals surface area contributed by atoms with Gasteiger partial charge < -0.3 is 19.5 Å². The molecular formula is C30H34N2O5S. The molecule has 7 nitrogen and oxygen atoms in total. The first-order chi connectivity index (χ1) is 18.0. The standard InChI is InChI=1S/C30H34N2O5S/c1-17-10-13-19(14-11-17)38(33,34)32-16-22-24(26-25(32)27-28(35-26)37-30(4,5)36-27)31-23-20-9-7-6-8-18(20)12-15-21(23)29(22,2)3/h6-15,22,24-28,31H,16H2,1-5H3/t22-,24+,25-,26-,27-,28-/m1/s1. The number of sulfonamides is 1. The molecule has 0 spiro atoms. The van der Waals surface area contributed by atoms with Crippen molar-refractivity contribution in [1.82, 2.24) is 4.31 Å². The van der Waals surface area contributed by atoms with Crippen molar-refractivity contribution in [3.8, 4) is 0 Å². The van der Waals surface area contributed by atoms with E-state index in [0.717, 1.165) is 16.6 Å². The molecule has 0 bridgehead atoms. The Morgan fingerprint density at radius 1 is 0.921 bits per heavy atom. The first-order valence-electron chi connectivity index (χ1n) is 13.4. The third kappa shape index (κ3) is 3.44. The largest absolute Gasteiger partial charge is 0.379 e. The molecule has 4 aliphatic heterocycles. The maximum absolute atomic E-state index is 14.3. The van der Waals surface area contributed by atoms with Gasteiger partial charge in [0, 0.05) is 23.5 Å². The van der Waals surface area contributed by atoms with Gasteiger partial charge in [0.25, 0.3) is 0 Å². The van der Waals surface area contributed by atoms with E-state index < -0.39 is 40.4 Å². The first-order valence-corrected chi connectivity index (χ1v) is 14.8. The topological polar surface area (TPSA) is 77.1 Å². The Labute approximate surface area is 224 Å². The number of fused-ring (bicyclic) bond motifs is 8. The fourth-order valence-corrected chi connectivity index (χ4v) is 8.76. The zero-order valence-corrected chi connectivity index (χ0v) is 23.2. The summed E-state index contributed by atoms with van der Waals surface area (Å²) in [5.41, 5.74) is 2.99. The Kier molecular flexibility index (Phi) is 5.18. The average molecular weight is 535 g/mol. The van der Waals surface area contributed by atoms with Crippen molar-refractivity contribution in [1.29, 1.82) is 0 Å². The quantitative estimate of drug-likeness (QED) is 0.510. The van der Waals surface area contributed by atoms with Crippen LogP contribution in [-0.2, 0) is 29.6 Å². The summed E-state index contributed by atoms with van der Waals surface area (Å²) in [7, 11) is -3.83. The molecule has 7 rings (SSSR count). The minimum absolute atomic E-state index is 0.0375. The van der Waals surface area contributed by atoms with E-state index in [-0.39, 0.29) is 22.3 Å². The van der Waals surface area contributed by atoms with Crippen LogP contribution in [-0.4, -0.2) is 55.6 Å². The number of ether oxygens (including phenoxy) is 3. The Bertz CT molecular complexity index is 1530. The summed E-state index contributed by atoms with van der Waals surface area (Å²) in [5.74, 6) is -0.886. The Hall–Kier alpha value is -2.49. The minimum atomic E-state index is -3.83. The van der Waals surface area contributed by atoms with E-state index in [1.807, 2.05) is 39.0 Å². The highest BCUT2D eigenvalue weighted by molar-refractivity contribution is 7.89. The lowest BCUT2D eigenvalue weighted by molar-refractivity contribution is -0.216. The second-order valence-electron chi connectivity index (χ2n) is 12.2. The van der Waals surface area contributed by atoms with Crippen molar-refractivity contribution in [2.24, 2.45) is 5.92 Å². The molecule has 1 N–H and O–H groups in total. The Morgan fingerprint density at radius 3 is 2.42 bits per heavy atom. The van der Waals surface area contributed by atoms with Gasteiger partial charge in [0.15, 0.2) is 12.1 Å². The van der Waals surface area contributed by atoms with E-state index in [0.29, 0.717) is 6.54 Å². The van der Waals surface area contributed by atoms with Gasteiger partial charge in [0.1, 0.15) is 12.2 Å². The van der Waals surface area contributed by atoms with Crippen molar-refractivity contribution >= 4 is 26.5 Å². The highest BCUT2D eigenvalue weighted by atomic mass is 32.2. The molecule has 0 aromatic heterocycles. The zero-order chi connectivity index (χ0) is 26.6. The van der Waals surface area contributed by atoms with Crippen LogP contribution in [0.3, 0.4) is 0 Å². The number of nitrogens with one attached hydrogen (secondary N) is 1. The summed E-state index contributed by atoms with van der Waals surface area (Å²) in [6, 6.07) is 19.2. The molecule has 4 aliphatic rings. The summed E-state index contributed by atoms with van der Waals surface area (Å²) < 4.78 is 49.2. The van der Waals surface area contributed by atoms with Crippen molar-refractivity contribution in [2.75, 3.05) is 11.9 Å². The summed E-state index contributed by atoms with van der Waals surface area (Å²) in [4.78, 5) is 0.287. The molecule has 38 heavy (non-hydrogen) atoms. The van der Waals surface area contributed by atoms with E-state index in [1.165, 1.54) is 10.9 Å². The molecule has 0 unspecified atom stereocenters. The molecule has 0 amide bonds. The molecular weight excluding hydrogens is 500 g/mol. The molecule has 0 saturated carbocycles. The number of aryl methyl sites for hydroxylation is 1. The molecule has 8 heteroatoms. The minimum Gasteiger partial charge on any atom is -0.379 e. The lowest BCUT2D eigenvalue weighted by Gasteiger charge is -2.54. The molecule has 3 aromatic rings. The molecule has 3 aromatic carbocycles. The van der Waals surface area contributed by atoms with Crippen LogP contribution >= 0.6 is 0 Å². The number of hydrogen-bond acceptors (Lipinski definition) is 6.